The number of amides is 2. The summed E-state index contributed by atoms with van der Waals surface area (Å²) >= 11 is 3.36. The fraction of sp³-hybridized carbons (Fsp3) is 0.273. The molecular formula is C11H9BrN4O2. The summed E-state index contributed by atoms with van der Waals surface area (Å²) in [5, 5.41) is 10.4. The molecule has 18 heavy (non-hydrogen) atoms. The molecule has 92 valence electrons. The molecule has 2 heterocycles. The van der Waals surface area contributed by atoms with Gasteiger partial charge in [0, 0.05) is 10.9 Å². The van der Waals surface area contributed by atoms with Gasteiger partial charge in [-0.15, -0.1) is 5.10 Å². The molecule has 1 aliphatic heterocycles. The van der Waals surface area contributed by atoms with E-state index in [-0.39, 0.29) is 11.8 Å². The van der Waals surface area contributed by atoms with Gasteiger partial charge in [0.1, 0.15) is 11.6 Å². The van der Waals surface area contributed by atoms with E-state index < -0.39 is 6.04 Å². The molecule has 0 aliphatic carbocycles. The lowest BCUT2D eigenvalue weighted by atomic mass is 10.1. The maximum Gasteiger partial charge on any atom is 0.251 e. The highest BCUT2D eigenvalue weighted by molar-refractivity contribution is 9.10. The summed E-state index contributed by atoms with van der Waals surface area (Å²) in [5.74, 6) is -0.551. The third kappa shape index (κ3) is 1.80. The Kier molecular flexibility index (Phi) is 2.62. The molecule has 1 aromatic carbocycles. The number of carbonyl (C=O) groups excluding carboxylic acids is 2. The fourth-order valence-corrected chi connectivity index (χ4v) is 2.41. The predicted molar refractivity (Wildman–Crippen MR) is 66.6 cm³/mol. The molecule has 1 unspecified atom stereocenters. The molecule has 2 amide bonds. The maximum absolute atomic E-state index is 11.8. The van der Waals surface area contributed by atoms with Crippen molar-refractivity contribution in [3.8, 4) is 0 Å². The fourth-order valence-electron chi connectivity index (χ4n) is 2.06. The van der Waals surface area contributed by atoms with E-state index in [0.29, 0.717) is 18.4 Å². The average Bonchev–Trinajstić information content (AvgIpc) is 2.72. The standard InChI is InChI=1S/C11H9BrN4O2/c12-6-1-2-8-7(5-6)14-15-16(8)9-3-4-10(17)13-11(9)18/h1-2,5,9H,3-4H2,(H,13,17,18). The molecule has 1 N–H and O–H groups in total. The zero-order chi connectivity index (χ0) is 12.7. The van der Waals surface area contributed by atoms with Crippen LogP contribution in [0.25, 0.3) is 11.0 Å². The number of halogens is 1. The van der Waals surface area contributed by atoms with Crippen LogP contribution >= 0.6 is 15.9 Å². The molecular weight excluding hydrogens is 300 g/mol. The first kappa shape index (κ1) is 11.3. The Balaban J connectivity index is 2.04. The first-order valence-electron chi connectivity index (χ1n) is 5.49. The number of imide groups is 1. The van der Waals surface area contributed by atoms with Crippen molar-refractivity contribution in [1.29, 1.82) is 0 Å². The number of fused-ring (bicyclic) bond motifs is 1. The first-order valence-corrected chi connectivity index (χ1v) is 6.28. The van der Waals surface area contributed by atoms with E-state index in [9.17, 15) is 9.59 Å². The van der Waals surface area contributed by atoms with Crippen LogP contribution in [0.5, 0.6) is 0 Å². The van der Waals surface area contributed by atoms with Crippen molar-refractivity contribution in [3.05, 3.63) is 22.7 Å². The Hall–Kier alpha value is -1.76. The largest absolute Gasteiger partial charge is 0.295 e. The van der Waals surface area contributed by atoms with E-state index in [0.717, 1.165) is 9.99 Å². The topological polar surface area (TPSA) is 76.9 Å². The maximum atomic E-state index is 11.8. The van der Waals surface area contributed by atoms with Crippen LogP contribution in [-0.2, 0) is 9.59 Å². The third-order valence-corrected chi connectivity index (χ3v) is 3.43. The van der Waals surface area contributed by atoms with Crippen LogP contribution in [0.15, 0.2) is 22.7 Å². The summed E-state index contributed by atoms with van der Waals surface area (Å²) < 4.78 is 2.48. The summed E-state index contributed by atoms with van der Waals surface area (Å²) in [4.78, 5) is 22.9. The zero-order valence-corrected chi connectivity index (χ0v) is 10.8. The van der Waals surface area contributed by atoms with Crippen molar-refractivity contribution in [3.63, 3.8) is 0 Å². The van der Waals surface area contributed by atoms with Gasteiger partial charge in [-0.25, -0.2) is 4.68 Å². The summed E-state index contributed by atoms with van der Waals surface area (Å²) in [6.45, 7) is 0. The number of benzene rings is 1. The molecule has 6 nitrogen and oxygen atoms in total. The predicted octanol–water partition coefficient (Wildman–Crippen LogP) is 1.17. The molecule has 0 spiro atoms. The molecule has 1 aliphatic rings. The van der Waals surface area contributed by atoms with Crippen molar-refractivity contribution < 1.29 is 9.59 Å². The van der Waals surface area contributed by atoms with Gasteiger partial charge in [0.2, 0.25) is 5.91 Å². The minimum absolute atomic E-state index is 0.233. The van der Waals surface area contributed by atoms with E-state index in [1.54, 1.807) is 4.68 Å². The number of aromatic nitrogens is 3. The van der Waals surface area contributed by atoms with Gasteiger partial charge < -0.3 is 0 Å². The van der Waals surface area contributed by atoms with Crippen LogP contribution in [0.3, 0.4) is 0 Å². The highest BCUT2D eigenvalue weighted by atomic mass is 79.9. The molecule has 1 atom stereocenters. The van der Waals surface area contributed by atoms with Crippen molar-refractivity contribution >= 4 is 38.8 Å². The second-order valence-electron chi connectivity index (χ2n) is 4.13. The number of nitrogens with zero attached hydrogens (tertiary/aromatic N) is 3. The molecule has 1 fully saturated rings. The number of hydrogen-bond acceptors (Lipinski definition) is 4. The van der Waals surface area contributed by atoms with Crippen LogP contribution in [0.4, 0.5) is 0 Å². The molecule has 2 aromatic rings. The molecule has 0 bridgehead atoms. The Bertz CT molecular complexity index is 652. The SMILES string of the molecule is O=C1CCC(n2nnc3cc(Br)ccc32)C(=O)N1. The van der Waals surface area contributed by atoms with Gasteiger partial charge in [-0.2, -0.15) is 0 Å². The van der Waals surface area contributed by atoms with Crippen LogP contribution in [-0.4, -0.2) is 26.8 Å². The quantitative estimate of drug-likeness (QED) is 0.802. The van der Waals surface area contributed by atoms with Gasteiger partial charge in [0.25, 0.3) is 5.91 Å². The Morgan fingerprint density at radius 1 is 1.39 bits per heavy atom. The summed E-state index contributed by atoms with van der Waals surface area (Å²) in [6, 6.07) is 5.09. The minimum atomic E-state index is -0.464. The Labute approximate surface area is 110 Å². The van der Waals surface area contributed by atoms with Gasteiger partial charge in [-0.1, -0.05) is 21.1 Å². The third-order valence-electron chi connectivity index (χ3n) is 2.94. The molecule has 0 saturated carbocycles. The molecule has 1 saturated heterocycles. The minimum Gasteiger partial charge on any atom is -0.295 e. The number of carbonyl (C=O) groups is 2. The summed E-state index contributed by atoms with van der Waals surface area (Å²) in [5.41, 5.74) is 1.50. The number of nitrogens with one attached hydrogen (secondary N) is 1. The van der Waals surface area contributed by atoms with Crippen molar-refractivity contribution in [2.24, 2.45) is 0 Å². The number of rotatable bonds is 1. The van der Waals surface area contributed by atoms with E-state index in [2.05, 4.69) is 31.6 Å². The van der Waals surface area contributed by atoms with Gasteiger partial charge >= 0.3 is 0 Å². The smallest absolute Gasteiger partial charge is 0.251 e. The highest BCUT2D eigenvalue weighted by Crippen LogP contribution is 2.24. The van der Waals surface area contributed by atoms with Gasteiger partial charge in [0.15, 0.2) is 0 Å². The first-order chi connectivity index (χ1) is 8.65. The van der Waals surface area contributed by atoms with Crippen LogP contribution in [0.1, 0.15) is 18.9 Å². The number of hydrogen-bond donors (Lipinski definition) is 1. The lowest BCUT2D eigenvalue weighted by Gasteiger charge is -2.20. The molecule has 0 radical (unpaired) electrons. The molecule has 7 heteroatoms. The Morgan fingerprint density at radius 2 is 2.22 bits per heavy atom. The second-order valence-corrected chi connectivity index (χ2v) is 5.05. The summed E-state index contributed by atoms with van der Waals surface area (Å²) in [7, 11) is 0. The van der Waals surface area contributed by atoms with Crippen molar-refractivity contribution in [2.45, 2.75) is 18.9 Å². The normalized spacial score (nSPS) is 20.2. The van der Waals surface area contributed by atoms with E-state index in [1.807, 2.05) is 18.2 Å². The average molecular weight is 309 g/mol. The van der Waals surface area contributed by atoms with E-state index >= 15 is 0 Å². The van der Waals surface area contributed by atoms with Gasteiger partial charge in [-0.3, -0.25) is 14.9 Å². The van der Waals surface area contributed by atoms with Gasteiger partial charge in [-0.05, 0) is 24.6 Å². The van der Waals surface area contributed by atoms with E-state index in [4.69, 9.17) is 0 Å². The lowest BCUT2D eigenvalue weighted by Crippen LogP contribution is -2.42. The van der Waals surface area contributed by atoms with Gasteiger partial charge in [0.05, 0.1) is 5.52 Å². The Morgan fingerprint density at radius 3 is 3.00 bits per heavy atom. The van der Waals surface area contributed by atoms with Crippen LogP contribution in [0, 0.1) is 0 Å². The highest BCUT2D eigenvalue weighted by Gasteiger charge is 2.29. The molecule has 3 rings (SSSR count). The zero-order valence-electron chi connectivity index (χ0n) is 9.26. The summed E-state index contributed by atoms with van der Waals surface area (Å²) in [6.07, 6.45) is 0.785. The lowest BCUT2D eigenvalue weighted by molar-refractivity contribution is -0.135. The van der Waals surface area contributed by atoms with Crippen molar-refractivity contribution in [2.75, 3.05) is 0 Å². The van der Waals surface area contributed by atoms with Crippen molar-refractivity contribution in [1.82, 2.24) is 20.3 Å². The van der Waals surface area contributed by atoms with E-state index in [1.165, 1.54) is 0 Å². The van der Waals surface area contributed by atoms with Crippen LogP contribution in [0.2, 0.25) is 0 Å². The van der Waals surface area contributed by atoms with Crippen LogP contribution < -0.4 is 5.32 Å². The number of piperidine rings is 1. The second kappa shape index (κ2) is 4.16. The monoisotopic (exact) mass is 308 g/mol. The molecule has 1 aromatic heterocycles.